The first kappa shape index (κ1) is 16.4. The number of benzene rings is 1. The Kier molecular flexibility index (Phi) is 5.31. The zero-order valence-corrected chi connectivity index (χ0v) is 13.6. The first-order valence-corrected chi connectivity index (χ1v) is 8.94. The Morgan fingerprint density at radius 3 is 2.57 bits per heavy atom. The molecule has 0 radical (unpaired) electrons. The Morgan fingerprint density at radius 1 is 1.17 bits per heavy atom. The number of nitrogens with one attached hydrogen (secondary N) is 1. The Morgan fingerprint density at radius 2 is 1.91 bits per heavy atom. The fraction of sp³-hybridized carbons (Fsp3) is 0.632. The van der Waals surface area contributed by atoms with Gasteiger partial charge in [0.25, 0.3) is 0 Å². The molecule has 3 nitrogen and oxygen atoms in total. The molecule has 0 aromatic heterocycles. The third-order valence-electron chi connectivity index (χ3n) is 5.59. The van der Waals surface area contributed by atoms with Crippen LogP contribution in [0.4, 0.5) is 4.39 Å². The van der Waals surface area contributed by atoms with E-state index in [1.54, 1.807) is 12.1 Å². The summed E-state index contributed by atoms with van der Waals surface area (Å²) in [5.41, 5.74) is 6.70. The Hall–Kier alpha value is -1.42. The van der Waals surface area contributed by atoms with E-state index < -0.39 is 0 Å². The summed E-state index contributed by atoms with van der Waals surface area (Å²) in [6, 6.07) is 6.77. The summed E-state index contributed by atoms with van der Waals surface area (Å²) in [4.78, 5) is 12.5. The highest BCUT2D eigenvalue weighted by Gasteiger charge is 2.31. The molecule has 3 atom stereocenters. The number of carbonyl (C=O) groups is 1. The van der Waals surface area contributed by atoms with Crippen LogP contribution in [0.25, 0.3) is 0 Å². The first-order chi connectivity index (χ1) is 11.1. The quantitative estimate of drug-likeness (QED) is 0.870. The minimum absolute atomic E-state index is 0.0208. The summed E-state index contributed by atoms with van der Waals surface area (Å²) in [7, 11) is 0. The van der Waals surface area contributed by atoms with Crippen LogP contribution in [0.1, 0.15) is 63.0 Å². The highest BCUT2D eigenvalue weighted by Crippen LogP contribution is 2.37. The molecule has 2 aliphatic carbocycles. The van der Waals surface area contributed by atoms with E-state index in [1.807, 2.05) is 6.07 Å². The van der Waals surface area contributed by atoms with Gasteiger partial charge in [-0.05, 0) is 43.6 Å². The number of halogens is 1. The Balaban J connectivity index is 1.71. The van der Waals surface area contributed by atoms with E-state index in [2.05, 4.69) is 5.32 Å². The van der Waals surface area contributed by atoms with Crippen LogP contribution in [0, 0.1) is 17.7 Å². The van der Waals surface area contributed by atoms with E-state index >= 15 is 0 Å². The number of hydrogen-bond donors (Lipinski definition) is 2. The molecule has 1 aromatic carbocycles. The van der Waals surface area contributed by atoms with Crippen LogP contribution in [-0.4, -0.2) is 11.9 Å². The molecule has 126 valence electrons. The van der Waals surface area contributed by atoms with Crippen molar-refractivity contribution in [3.05, 3.63) is 35.6 Å². The molecular weight excluding hydrogens is 291 g/mol. The van der Waals surface area contributed by atoms with Crippen LogP contribution in [0.3, 0.4) is 0 Å². The van der Waals surface area contributed by atoms with E-state index in [4.69, 9.17) is 5.73 Å². The molecule has 0 aliphatic heterocycles. The molecule has 0 saturated heterocycles. The van der Waals surface area contributed by atoms with Gasteiger partial charge in [0, 0.05) is 18.0 Å². The fourth-order valence-electron chi connectivity index (χ4n) is 4.26. The van der Waals surface area contributed by atoms with Gasteiger partial charge in [0.05, 0.1) is 6.04 Å². The van der Waals surface area contributed by atoms with Gasteiger partial charge >= 0.3 is 0 Å². The number of carbonyl (C=O) groups excluding carboxylic acids is 1. The first-order valence-electron chi connectivity index (χ1n) is 8.94. The number of hydrogen-bond acceptors (Lipinski definition) is 2. The van der Waals surface area contributed by atoms with Gasteiger partial charge < -0.3 is 11.1 Å². The second-order valence-electron chi connectivity index (χ2n) is 7.17. The highest BCUT2D eigenvalue weighted by atomic mass is 19.1. The lowest BCUT2D eigenvalue weighted by Crippen LogP contribution is -2.36. The summed E-state index contributed by atoms with van der Waals surface area (Å²) in [5, 5.41) is 3.13. The van der Waals surface area contributed by atoms with Crippen LogP contribution in [0.15, 0.2) is 24.3 Å². The van der Waals surface area contributed by atoms with Gasteiger partial charge in [0.15, 0.2) is 0 Å². The third-order valence-corrected chi connectivity index (χ3v) is 5.59. The van der Waals surface area contributed by atoms with Crippen molar-refractivity contribution in [2.75, 3.05) is 0 Å². The van der Waals surface area contributed by atoms with Crippen LogP contribution in [-0.2, 0) is 4.79 Å². The lowest BCUT2D eigenvalue weighted by Gasteiger charge is -2.26. The zero-order valence-electron chi connectivity index (χ0n) is 13.6. The Labute approximate surface area is 137 Å². The van der Waals surface area contributed by atoms with Gasteiger partial charge in [0.1, 0.15) is 5.82 Å². The molecular formula is C19H27FN2O. The van der Waals surface area contributed by atoms with Crippen molar-refractivity contribution in [1.82, 2.24) is 5.32 Å². The maximum absolute atomic E-state index is 14.2. The van der Waals surface area contributed by atoms with Crippen molar-refractivity contribution in [3.8, 4) is 0 Å². The van der Waals surface area contributed by atoms with Crippen molar-refractivity contribution in [2.45, 2.75) is 63.5 Å². The molecule has 2 fully saturated rings. The minimum atomic E-state index is -0.220. The molecule has 0 bridgehead atoms. The predicted molar refractivity (Wildman–Crippen MR) is 89.2 cm³/mol. The molecule has 3 rings (SSSR count). The van der Waals surface area contributed by atoms with E-state index in [0.717, 1.165) is 32.1 Å². The Bertz CT molecular complexity index is 542. The lowest BCUT2D eigenvalue weighted by atomic mass is 9.90. The third kappa shape index (κ3) is 3.92. The second-order valence-corrected chi connectivity index (χ2v) is 7.17. The summed E-state index contributed by atoms with van der Waals surface area (Å²) < 4.78 is 14.2. The number of nitrogens with two attached hydrogens (primary N) is 1. The molecule has 4 heteroatoms. The molecule has 0 spiro atoms. The van der Waals surface area contributed by atoms with Crippen molar-refractivity contribution >= 4 is 5.91 Å². The number of rotatable bonds is 5. The van der Waals surface area contributed by atoms with Crippen molar-refractivity contribution in [2.24, 2.45) is 17.6 Å². The lowest BCUT2D eigenvalue weighted by molar-refractivity contribution is -0.123. The fourth-order valence-corrected chi connectivity index (χ4v) is 4.26. The van der Waals surface area contributed by atoms with Gasteiger partial charge in [-0.1, -0.05) is 37.5 Å². The summed E-state index contributed by atoms with van der Waals surface area (Å²) in [6.07, 6.45) is 8.07. The normalized spacial score (nSPS) is 26.3. The standard InChI is InChI=1S/C19H27FN2O/c20-16-10-4-3-9-15(16)19(13-6-1-2-7-13)22-18(23)12-14-8-5-11-17(14)21/h3-4,9-10,13-14,17,19H,1-2,5-8,11-12,21H2,(H,22,23)/t14-,17+,19?/m0/s1. The molecule has 1 aromatic rings. The van der Waals surface area contributed by atoms with Crippen molar-refractivity contribution < 1.29 is 9.18 Å². The molecule has 1 unspecified atom stereocenters. The predicted octanol–water partition coefficient (Wildman–Crippen LogP) is 3.69. The van der Waals surface area contributed by atoms with Crippen LogP contribution in [0.2, 0.25) is 0 Å². The van der Waals surface area contributed by atoms with E-state index in [1.165, 1.54) is 18.9 Å². The largest absolute Gasteiger partial charge is 0.349 e. The van der Waals surface area contributed by atoms with Gasteiger partial charge in [-0.25, -0.2) is 4.39 Å². The van der Waals surface area contributed by atoms with Crippen LogP contribution in [0.5, 0.6) is 0 Å². The molecule has 0 heterocycles. The average molecular weight is 318 g/mol. The smallest absolute Gasteiger partial charge is 0.220 e. The van der Waals surface area contributed by atoms with Gasteiger partial charge in [0.2, 0.25) is 5.91 Å². The number of amides is 1. The maximum Gasteiger partial charge on any atom is 0.220 e. The van der Waals surface area contributed by atoms with E-state index in [-0.39, 0.29) is 29.7 Å². The second kappa shape index (κ2) is 7.43. The molecule has 23 heavy (non-hydrogen) atoms. The summed E-state index contributed by atoms with van der Waals surface area (Å²) in [6.45, 7) is 0. The topological polar surface area (TPSA) is 55.1 Å². The molecule has 1 amide bonds. The average Bonchev–Trinajstić information content (AvgIpc) is 3.18. The van der Waals surface area contributed by atoms with Crippen LogP contribution >= 0.6 is 0 Å². The van der Waals surface area contributed by atoms with Crippen molar-refractivity contribution in [3.63, 3.8) is 0 Å². The summed E-state index contributed by atoms with van der Waals surface area (Å²) in [5.74, 6) is 0.419. The van der Waals surface area contributed by atoms with E-state index in [9.17, 15) is 9.18 Å². The monoisotopic (exact) mass is 318 g/mol. The van der Waals surface area contributed by atoms with Gasteiger partial charge in [-0.2, -0.15) is 0 Å². The van der Waals surface area contributed by atoms with Crippen LogP contribution < -0.4 is 11.1 Å². The zero-order chi connectivity index (χ0) is 16.2. The highest BCUT2D eigenvalue weighted by molar-refractivity contribution is 5.77. The molecule has 2 saturated carbocycles. The van der Waals surface area contributed by atoms with Gasteiger partial charge in [-0.15, -0.1) is 0 Å². The van der Waals surface area contributed by atoms with E-state index in [0.29, 0.717) is 17.9 Å². The maximum atomic E-state index is 14.2. The summed E-state index contributed by atoms with van der Waals surface area (Å²) >= 11 is 0. The molecule has 3 N–H and O–H groups in total. The SMILES string of the molecule is N[C@@H]1CCC[C@H]1CC(=O)NC(c1ccccc1F)C1CCCC1. The van der Waals surface area contributed by atoms with Crippen molar-refractivity contribution in [1.29, 1.82) is 0 Å². The minimum Gasteiger partial charge on any atom is -0.349 e. The molecule has 2 aliphatic rings. The van der Waals surface area contributed by atoms with Gasteiger partial charge in [-0.3, -0.25) is 4.79 Å².